The Kier molecular flexibility index (Phi) is 2.91. The molecule has 86 valence electrons. The fourth-order valence-corrected chi connectivity index (χ4v) is 2.25. The number of halogens is 1. The van der Waals surface area contributed by atoms with Crippen molar-refractivity contribution in [3.05, 3.63) is 34.9 Å². The van der Waals surface area contributed by atoms with Crippen LogP contribution >= 0.6 is 11.6 Å². The smallest absolute Gasteiger partial charge is 0.246 e. The van der Waals surface area contributed by atoms with Gasteiger partial charge in [-0.3, -0.25) is 10.1 Å². The zero-order chi connectivity index (χ0) is 11.8. The van der Waals surface area contributed by atoms with Gasteiger partial charge >= 0.3 is 0 Å². The summed E-state index contributed by atoms with van der Waals surface area (Å²) < 4.78 is 0. The summed E-state index contributed by atoms with van der Waals surface area (Å²) in [7, 11) is 1.83. The van der Waals surface area contributed by atoms with E-state index in [1.807, 2.05) is 38.2 Å². The van der Waals surface area contributed by atoms with Gasteiger partial charge in [-0.2, -0.15) is 0 Å². The van der Waals surface area contributed by atoms with Gasteiger partial charge in [0.25, 0.3) is 0 Å². The van der Waals surface area contributed by atoms with Crippen molar-refractivity contribution < 1.29 is 4.79 Å². The number of piperazine rings is 1. The molecule has 1 atom stereocenters. The van der Waals surface area contributed by atoms with E-state index in [1.165, 1.54) is 0 Å². The molecule has 1 aromatic rings. The van der Waals surface area contributed by atoms with E-state index in [0.29, 0.717) is 5.02 Å². The molecule has 0 bridgehead atoms. The van der Waals surface area contributed by atoms with E-state index in [1.54, 1.807) is 4.90 Å². The number of carbonyl (C=O) groups is 1. The summed E-state index contributed by atoms with van der Waals surface area (Å²) in [5.74, 6) is 0.0843. The third-order valence-electron chi connectivity index (χ3n) is 3.10. The van der Waals surface area contributed by atoms with Crippen LogP contribution in [0.2, 0.25) is 5.02 Å². The number of likely N-dealkylation sites (N-methyl/N-ethyl adjacent to an activating group) is 1. The highest BCUT2D eigenvalue weighted by Crippen LogP contribution is 2.27. The van der Waals surface area contributed by atoms with Gasteiger partial charge in [-0.15, -0.1) is 0 Å². The normalized spacial score (nSPS) is 25.9. The summed E-state index contributed by atoms with van der Waals surface area (Å²) in [5.41, 5.74) is 0.259. The highest BCUT2D eigenvalue weighted by Gasteiger charge is 2.39. The highest BCUT2D eigenvalue weighted by atomic mass is 35.5. The summed E-state index contributed by atoms with van der Waals surface area (Å²) in [6.07, 6.45) is 0. The second-order valence-electron chi connectivity index (χ2n) is 4.29. The molecule has 1 aromatic carbocycles. The van der Waals surface area contributed by atoms with Crippen LogP contribution in [0, 0.1) is 0 Å². The van der Waals surface area contributed by atoms with Crippen LogP contribution < -0.4 is 5.32 Å². The van der Waals surface area contributed by atoms with Crippen molar-refractivity contribution in [3.63, 3.8) is 0 Å². The molecule has 1 N–H and O–H groups in total. The molecule has 2 rings (SSSR count). The Bertz CT molecular complexity index is 421. The molecule has 1 aliphatic rings. The fraction of sp³-hybridized carbons (Fsp3) is 0.417. The van der Waals surface area contributed by atoms with Crippen molar-refractivity contribution in [1.82, 2.24) is 10.2 Å². The highest BCUT2D eigenvalue weighted by molar-refractivity contribution is 6.30. The third-order valence-corrected chi connectivity index (χ3v) is 3.34. The van der Waals surface area contributed by atoms with Gasteiger partial charge in [0, 0.05) is 25.2 Å². The minimum Gasteiger partial charge on any atom is -0.343 e. The number of rotatable bonds is 1. The van der Waals surface area contributed by atoms with Gasteiger partial charge in [0.05, 0.1) is 0 Å². The molecule has 1 heterocycles. The van der Waals surface area contributed by atoms with E-state index in [2.05, 4.69) is 5.32 Å². The maximum absolute atomic E-state index is 12.2. The first-order chi connectivity index (χ1) is 7.54. The third kappa shape index (κ3) is 1.81. The summed E-state index contributed by atoms with van der Waals surface area (Å²) in [4.78, 5) is 13.9. The van der Waals surface area contributed by atoms with Crippen LogP contribution in [-0.2, 0) is 10.3 Å². The fourth-order valence-electron chi connectivity index (χ4n) is 2.06. The van der Waals surface area contributed by atoms with Crippen molar-refractivity contribution in [2.24, 2.45) is 0 Å². The van der Waals surface area contributed by atoms with E-state index in [9.17, 15) is 4.79 Å². The molecule has 1 saturated heterocycles. The molecule has 1 fully saturated rings. The number of hydrogen-bond acceptors (Lipinski definition) is 2. The monoisotopic (exact) mass is 238 g/mol. The van der Waals surface area contributed by atoms with Crippen molar-refractivity contribution in [2.45, 2.75) is 12.5 Å². The number of nitrogens with one attached hydrogen (secondary N) is 1. The number of nitrogens with zero attached hydrogens (tertiary/aromatic N) is 1. The number of hydrogen-bond donors (Lipinski definition) is 1. The first-order valence-electron chi connectivity index (χ1n) is 5.31. The van der Waals surface area contributed by atoms with Gasteiger partial charge in [-0.1, -0.05) is 23.7 Å². The molecule has 1 amide bonds. The van der Waals surface area contributed by atoms with Crippen molar-refractivity contribution in [2.75, 3.05) is 20.1 Å². The van der Waals surface area contributed by atoms with Crippen molar-refractivity contribution >= 4 is 17.5 Å². The molecule has 3 nitrogen and oxygen atoms in total. The van der Waals surface area contributed by atoms with Crippen LogP contribution in [0.4, 0.5) is 0 Å². The minimum absolute atomic E-state index is 0.0843. The lowest BCUT2D eigenvalue weighted by atomic mass is 9.89. The predicted octanol–water partition coefficient (Wildman–Crippen LogP) is 1.62. The molecule has 4 heteroatoms. The lowest BCUT2D eigenvalue weighted by molar-refractivity contribution is -0.139. The van der Waals surface area contributed by atoms with E-state index in [0.717, 1.165) is 18.7 Å². The van der Waals surface area contributed by atoms with Crippen LogP contribution in [0.25, 0.3) is 0 Å². The minimum atomic E-state index is -0.655. The Morgan fingerprint density at radius 1 is 1.50 bits per heavy atom. The quantitative estimate of drug-likeness (QED) is 0.807. The lowest BCUT2D eigenvalue weighted by Crippen LogP contribution is -2.59. The average Bonchev–Trinajstić information content (AvgIpc) is 2.26. The summed E-state index contributed by atoms with van der Waals surface area (Å²) in [6, 6.07) is 7.44. The number of amides is 1. The van der Waals surface area contributed by atoms with Crippen LogP contribution in [0.1, 0.15) is 12.5 Å². The van der Waals surface area contributed by atoms with E-state index < -0.39 is 5.54 Å². The maximum atomic E-state index is 12.2. The van der Waals surface area contributed by atoms with Gasteiger partial charge in [-0.05, 0) is 24.6 Å². The maximum Gasteiger partial charge on any atom is 0.246 e. The van der Waals surface area contributed by atoms with Gasteiger partial charge in [0.2, 0.25) is 5.91 Å². The van der Waals surface area contributed by atoms with Crippen molar-refractivity contribution in [3.8, 4) is 0 Å². The Labute approximate surface area is 100 Å². The summed E-state index contributed by atoms with van der Waals surface area (Å²) in [5, 5.41) is 3.92. The number of benzene rings is 1. The van der Waals surface area contributed by atoms with Crippen LogP contribution in [0.3, 0.4) is 0 Å². The number of carbonyl (C=O) groups excluding carboxylic acids is 1. The zero-order valence-electron chi connectivity index (χ0n) is 9.46. The SMILES string of the molecule is CN1CCNC(C)(c2cccc(Cl)c2)C1=O. The molecule has 0 radical (unpaired) electrons. The summed E-state index contributed by atoms with van der Waals surface area (Å²) >= 11 is 5.96. The zero-order valence-corrected chi connectivity index (χ0v) is 10.2. The van der Waals surface area contributed by atoms with E-state index >= 15 is 0 Å². The van der Waals surface area contributed by atoms with Gasteiger partial charge in [-0.25, -0.2) is 0 Å². The van der Waals surface area contributed by atoms with Crippen LogP contribution in [0.15, 0.2) is 24.3 Å². The molecule has 16 heavy (non-hydrogen) atoms. The Morgan fingerprint density at radius 2 is 2.25 bits per heavy atom. The molecule has 0 spiro atoms. The molecular weight excluding hydrogens is 224 g/mol. The molecule has 0 saturated carbocycles. The second kappa shape index (κ2) is 4.07. The van der Waals surface area contributed by atoms with Crippen LogP contribution in [0.5, 0.6) is 0 Å². The first kappa shape index (κ1) is 11.4. The van der Waals surface area contributed by atoms with Gasteiger partial charge < -0.3 is 4.90 Å². The Hall–Kier alpha value is -1.06. The molecule has 0 aromatic heterocycles. The second-order valence-corrected chi connectivity index (χ2v) is 4.73. The molecule has 1 unspecified atom stereocenters. The van der Waals surface area contributed by atoms with Gasteiger partial charge in [0.1, 0.15) is 5.54 Å². The van der Waals surface area contributed by atoms with Gasteiger partial charge in [0.15, 0.2) is 0 Å². The Balaban J connectivity index is 2.41. The predicted molar refractivity (Wildman–Crippen MR) is 64.4 cm³/mol. The molecule has 1 aliphatic heterocycles. The molecular formula is C12H15ClN2O. The average molecular weight is 239 g/mol. The topological polar surface area (TPSA) is 32.3 Å². The summed E-state index contributed by atoms with van der Waals surface area (Å²) in [6.45, 7) is 3.44. The first-order valence-corrected chi connectivity index (χ1v) is 5.68. The molecule has 0 aliphatic carbocycles. The largest absolute Gasteiger partial charge is 0.343 e. The van der Waals surface area contributed by atoms with E-state index in [-0.39, 0.29) is 5.91 Å². The van der Waals surface area contributed by atoms with Crippen molar-refractivity contribution in [1.29, 1.82) is 0 Å². The Morgan fingerprint density at radius 3 is 2.94 bits per heavy atom. The van der Waals surface area contributed by atoms with E-state index in [4.69, 9.17) is 11.6 Å². The lowest BCUT2D eigenvalue weighted by Gasteiger charge is -2.39. The van der Waals surface area contributed by atoms with Crippen LogP contribution in [-0.4, -0.2) is 30.9 Å². The standard InChI is InChI=1S/C12H15ClN2O/c1-12(9-4-3-5-10(13)8-9)11(16)15(2)7-6-14-12/h3-5,8,14H,6-7H2,1-2H3.